The minimum Gasteiger partial charge on any atom is -0.481 e. The number of carboxylic acid groups (broad SMARTS) is 1. The molecule has 0 spiro atoms. The molecule has 0 radical (unpaired) electrons. The molecule has 0 bridgehead atoms. The van der Waals surface area contributed by atoms with E-state index in [-0.39, 0.29) is 24.3 Å². The van der Waals surface area contributed by atoms with E-state index in [1.807, 2.05) is 26.0 Å². The molecule has 2 aromatic rings. The van der Waals surface area contributed by atoms with Gasteiger partial charge in [-0.25, -0.2) is 0 Å². The number of carboxylic acids is 1. The number of H-pyrrole nitrogens is 1. The maximum atomic E-state index is 12.7. The van der Waals surface area contributed by atoms with Gasteiger partial charge in [-0.2, -0.15) is 0 Å². The number of likely N-dealkylation sites (N-methyl/N-ethyl adjacent to an activating group) is 1. The molecule has 1 aromatic carbocycles. The molecule has 2 heterocycles. The number of aryl methyl sites for hydroxylation is 2. The fourth-order valence-corrected chi connectivity index (χ4v) is 3.67. The number of nitrogens with one attached hydrogen (secondary N) is 1. The lowest BCUT2D eigenvalue weighted by atomic mass is 9.97. The minimum atomic E-state index is -0.807. The summed E-state index contributed by atoms with van der Waals surface area (Å²) in [4.78, 5) is 42.4. The lowest BCUT2D eigenvalue weighted by Crippen LogP contribution is -2.45. The Kier molecular flexibility index (Phi) is 5.21. The first-order chi connectivity index (χ1) is 12.8. The molecule has 0 atom stereocenters. The van der Waals surface area contributed by atoms with Crippen molar-refractivity contribution in [3.63, 3.8) is 0 Å². The average molecular weight is 371 g/mol. The summed E-state index contributed by atoms with van der Waals surface area (Å²) in [5.41, 5.74) is 3.58. The molecular formula is C20H25N3O4. The molecular weight excluding hydrogens is 346 g/mol. The molecule has 27 heavy (non-hydrogen) atoms. The van der Waals surface area contributed by atoms with Crippen LogP contribution in [-0.2, 0) is 9.59 Å². The quantitative estimate of drug-likeness (QED) is 0.861. The Morgan fingerprint density at radius 1 is 1.19 bits per heavy atom. The number of likely N-dealkylation sites (tertiary alicyclic amines) is 1. The van der Waals surface area contributed by atoms with Gasteiger partial charge in [0.2, 0.25) is 5.91 Å². The normalized spacial score (nSPS) is 15.1. The topological polar surface area (TPSA) is 93.7 Å². The van der Waals surface area contributed by atoms with E-state index in [1.54, 1.807) is 11.9 Å². The van der Waals surface area contributed by atoms with Crippen molar-refractivity contribution in [2.24, 2.45) is 5.92 Å². The van der Waals surface area contributed by atoms with Crippen molar-refractivity contribution in [2.75, 3.05) is 26.7 Å². The van der Waals surface area contributed by atoms with Crippen LogP contribution in [0.4, 0.5) is 0 Å². The monoisotopic (exact) mass is 371 g/mol. The molecule has 7 heteroatoms. The zero-order chi connectivity index (χ0) is 19.7. The highest BCUT2D eigenvalue weighted by molar-refractivity contribution is 6.00. The lowest BCUT2D eigenvalue weighted by Gasteiger charge is -2.31. The van der Waals surface area contributed by atoms with Crippen LogP contribution in [0.5, 0.6) is 0 Å². The second-order valence-corrected chi connectivity index (χ2v) is 7.38. The van der Waals surface area contributed by atoms with Gasteiger partial charge in [-0.3, -0.25) is 14.4 Å². The zero-order valence-corrected chi connectivity index (χ0v) is 15.9. The summed E-state index contributed by atoms with van der Waals surface area (Å²) in [6, 6.07) is 5.89. The predicted molar refractivity (Wildman–Crippen MR) is 102 cm³/mol. The Morgan fingerprint density at radius 3 is 2.48 bits per heavy atom. The number of nitrogens with zero attached hydrogens (tertiary/aromatic N) is 2. The van der Waals surface area contributed by atoms with Crippen LogP contribution in [0.15, 0.2) is 18.2 Å². The van der Waals surface area contributed by atoms with Crippen LogP contribution >= 0.6 is 0 Å². The standard InChI is InChI=1S/C20H25N3O4/c1-12-8-13(2)15-10-17(21-16(15)9-12)19(25)22(3)11-18(24)23-6-4-14(5-7-23)20(26)27/h8-10,14,21H,4-7,11H2,1-3H3,(H,26,27). The molecule has 1 fully saturated rings. The van der Waals surface area contributed by atoms with E-state index in [4.69, 9.17) is 5.11 Å². The molecule has 0 saturated carbocycles. The number of fused-ring (bicyclic) bond motifs is 1. The van der Waals surface area contributed by atoms with Crippen LogP contribution in [0.1, 0.15) is 34.5 Å². The zero-order valence-electron chi connectivity index (χ0n) is 15.9. The van der Waals surface area contributed by atoms with Crippen molar-refractivity contribution >= 4 is 28.7 Å². The SMILES string of the molecule is Cc1cc(C)c2cc(C(=O)N(C)CC(=O)N3CCC(C(=O)O)CC3)[nH]c2c1. The van der Waals surface area contributed by atoms with Crippen molar-refractivity contribution in [2.45, 2.75) is 26.7 Å². The van der Waals surface area contributed by atoms with Crippen LogP contribution in [0, 0.1) is 19.8 Å². The molecule has 2 N–H and O–H groups in total. The number of aromatic nitrogens is 1. The number of carbonyl (C=O) groups is 3. The van der Waals surface area contributed by atoms with Gasteiger partial charge < -0.3 is 19.9 Å². The van der Waals surface area contributed by atoms with Crippen LogP contribution in [0.2, 0.25) is 0 Å². The summed E-state index contributed by atoms with van der Waals surface area (Å²) in [5.74, 6) is -1.58. The van der Waals surface area contributed by atoms with Gasteiger partial charge in [-0.05, 0) is 49.9 Å². The molecule has 2 amide bonds. The summed E-state index contributed by atoms with van der Waals surface area (Å²) in [6.45, 7) is 4.83. The highest BCUT2D eigenvalue weighted by Gasteiger charge is 2.28. The number of hydrogen-bond acceptors (Lipinski definition) is 3. The molecule has 0 aliphatic carbocycles. The molecule has 1 saturated heterocycles. The summed E-state index contributed by atoms with van der Waals surface area (Å²) in [5, 5.41) is 10.0. The first-order valence-corrected chi connectivity index (χ1v) is 9.12. The van der Waals surface area contributed by atoms with Gasteiger partial charge in [-0.15, -0.1) is 0 Å². The van der Waals surface area contributed by atoms with Crippen LogP contribution < -0.4 is 0 Å². The number of hydrogen-bond donors (Lipinski definition) is 2. The number of benzene rings is 1. The minimum absolute atomic E-state index is 0.0239. The Hall–Kier alpha value is -2.83. The van der Waals surface area contributed by atoms with Crippen LogP contribution in [-0.4, -0.2) is 64.4 Å². The second kappa shape index (κ2) is 7.42. The molecule has 1 aromatic heterocycles. The third-order valence-corrected chi connectivity index (χ3v) is 5.24. The molecule has 1 aliphatic rings. The molecule has 1 aliphatic heterocycles. The fraction of sp³-hybridized carbons (Fsp3) is 0.450. The van der Waals surface area contributed by atoms with Gasteiger partial charge in [0.05, 0.1) is 12.5 Å². The van der Waals surface area contributed by atoms with Crippen molar-refractivity contribution in [3.8, 4) is 0 Å². The summed E-state index contributed by atoms with van der Waals surface area (Å²) >= 11 is 0. The maximum absolute atomic E-state index is 12.7. The van der Waals surface area contributed by atoms with Gasteiger partial charge in [0.15, 0.2) is 0 Å². The first kappa shape index (κ1) is 18.9. The largest absolute Gasteiger partial charge is 0.481 e. The Balaban J connectivity index is 1.65. The Morgan fingerprint density at radius 2 is 1.85 bits per heavy atom. The Bertz CT molecular complexity index is 894. The summed E-state index contributed by atoms with van der Waals surface area (Å²) in [7, 11) is 1.61. The number of carbonyl (C=O) groups excluding carboxylic acids is 2. The van der Waals surface area contributed by atoms with Crippen LogP contribution in [0.3, 0.4) is 0 Å². The second-order valence-electron chi connectivity index (χ2n) is 7.38. The third kappa shape index (κ3) is 3.97. The molecule has 3 rings (SSSR count). The lowest BCUT2D eigenvalue weighted by molar-refractivity contribution is -0.145. The molecule has 144 valence electrons. The van der Waals surface area contributed by atoms with Gasteiger partial charge in [0, 0.05) is 31.0 Å². The van der Waals surface area contributed by atoms with Gasteiger partial charge in [0.1, 0.15) is 5.69 Å². The van der Waals surface area contributed by atoms with E-state index in [1.165, 1.54) is 4.90 Å². The van der Waals surface area contributed by atoms with E-state index in [0.717, 1.165) is 22.0 Å². The van der Waals surface area contributed by atoms with E-state index < -0.39 is 5.97 Å². The summed E-state index contributed by atoms with van der Waals surface area (Å²) < 4.78 is 0. The number of amides is 2. The van der Waals surface area contributed by atoms with Gasteiger partial charge in [0.25, 0.3) is 5.91 Å². The predicted octanol–water partition coefficient (Wildman–Crippen LogP) is 2.18. The summed E-state index contributed by atoms with van der Waals surface area (Å²) in [6.07, 6.45) is 0.915. The van der Waals surface area contributed by atoms with Crippen molar-refractivity contribution in [1.82, 2.24) is 14.8 Å². The number of piperidine rings is 1. The average Bonchev–Trinajstić information content (AvgIpc) is 3.05. The molecule has 0 unspecified atom stereocenters. The van der Waals surface area contributed by atoms with Gasteiger partial charge >= 0.3 is 5.97 Å². The van der Waals surface area contributed by atoms with Crippen molar-refractivity contribution < 1.29 is 19.5 Å². The van der Waals surface area contributed by atoms with Crippen molar-refractivity contribution in [3.05, 3.63) is 35.0 Å². The third-order valence-electron chi connectivity index (χ3n) is 5.24. The Labute approximate surface area is 157 Å². The number of rotatable bonds is 4. The van der Waals surface area contributed by atoms with Gasteiger partial charge in [-0.1, -0.05) is 6.07 Å². The van der Waals surface area contributed by atoms with Crippen molar-refractivity contribution in [1.29, 1.82) is 0 Å². The van der Waals surface area contributed by atoms with E-state index >= 15 is 0 Å². The highest BCUT2D eigenvalue weighted by atomic mass is 16.4. The number of aliphatic carboxylic acids is 1. The maximum Gasteiger partial charge on any atom is 0.306 e. The number of aromatic amines is 1. The highest BCUT2D eigenvalue weighted by Crippen LogP contribution is 2.22. The van der Waals surface area contributed by atoms with E-state index in [0.29, 0.717) is 31.6 Å². The van der Waals surface area contributed by atoms with Crippen LogP contribution in [0.25, 0.3) is 10.9 Å². The molecule has 7 nitrogen and oxygen atoms in total. The smallest absolute Gasteiger partial charge is 0.306 e. The first-order valence-electron chi connectivity index (χ1n) is 9.12. The van der Waals surface area contributed by atoms with E-state index in [2.05, 4.69) is 11.1 Å². The van der Waals surface area contributed by atoms with E-state index in [9.17, 15) is 14.4 Å². The fourth-order valence-electron chi connectivity index (χ4n) is 3.67.